The molecular weight excluding hydrogens is 260 g/mol. The van der Waals surface area contributed by atoms with Gasteiger partial charge in [0.05, 0.1) is 12.7 Å². The highest BCUT2D eigenvalue weighted by atomic mass is 16.5. The molecule has 0 unspecified atom stereocenters. The normalized spacial score (nSPS) is 10.9. The zero-order chi connectivity index (χ0) is 15.0. The number of anilines is 1. The van der Waals surface area contributed by atoms with Crippen LogP contribution in [0.15, 0.2) is 0 Å². The van der Waals surface area contributed by atoms with Crippen LogP contribution in [0.5, 0.6) is 12.0 Å². The van der Waals surface area contributed by atoms with Crippen LogP contribution in [0.2, 0.25) is 0 Å². The Hall–Kier alpha value is -1.63. The lowest BCUT2D eigenvalue weighted by atomic mass is 10.2. The number of ether oxygens (including phenoxy) is 3. The van der Waals surface area contributed by atoms with Crippen LogP contribution in [0.1, 0.15) is 27.7 Å². The van der Waals surface area contributed by atoms with Crippen molar-refractivity contribution in [2.24, 2.45) is 5.92 Å². The highest BCUT2D eigenvalue weighted by Gasteiger charge is 2.09. The molecule has 7 nitrogen and oxygen atoms in total. The molecule has 0 aliphatic heterocycles. The van der Waals surface area contributed by atoms with E-state index in [4.69, 9.17) is 14.2 Å². The van der Waals surface area contributed by atoms with E-state index in [1.54, 1.807) is 7.05 Å². The molecule has 114 valence electrons. The van der Waals surface area contributed by atoms with Gasteiger partial charge >= 0.3 is 12.0 Å². The van der Waals surface area contributed by atoms with E-state index < -0.39 is 0 Å². The van der Waals surface area contributed by atoms with Crippen molar-refractivity contribution in [1.82, 2.24) is 15.0 Å². The van der Waals surface area contributed by atoms with E-state index in [9.17, 15) is 0 Å². The van der Waals surface area contributed by atoms with Crippen molar-refractivity contribution in [2.45, 2.75) is 33.8 Å². The number of hydrogen-bond donors (Lipinski definition) is 1. The second-order valence-corrected chi connectivity index (χ2v) is 4.96. The second-order valence-electron chi connectivity index (χ2n) is 4.96. The molecule has 0 saturated carbocycles. The van der Waals surface area contributed by atoms with Crippen LogP contribution in [0.3, 0.4) is 0 Å². The first-order chi connectivity index (χ1) is 9.51. The fourth-order valence-electron chi connectivity index (χ4n) is 1.29. The SMILES string of the molecule is CNc1nc(OCCOCC(C)C)nc(OC(C)C)n1. The molecule has 1 rings (SSSR count). The van der Waals surface area contributed by atoms with Crippen LogP contribution in [0, 0.1) is 5.92 Å². The summed E-state index contributed by atoms with van der Waals surface area (Å²) in [5.74, 6) is 0.919. The highest BCUT2D eigenvalue weighted by molar-refractivity contribution is 5.26. The van der Waals surface area contributed by atoms with Crippen LogP contribution in [0.25, 0.3) is 0 Å². The smallest absolute Gasteiger partial charge is 0.324 e. The molecule has 0 amide bonds. The highest BCUT2D eigenvalue weighted by Crippen LogP contribution is 2.13. The number of nitrogens with zero attached hydrogens (tertiary/aromatic N) is 3. The van der Waals surface area contributed by atoms with Gasteiger partial charge in [0.1, 0.15) is 6.61 Å². The van der Waals surface area contributed by atoms with Crippen LogP contribution < -0.4 is 14.8 Å². The first-order valence-corrected chi connectivity index (χ1v) is 6.82. The monoisotopic (exact) mass is 284 g/mol. The van der Waals surface area contributed by atoms with Gasteiger partial charge in [-0.05, 0) is 19.8 Å². The standard InChI is InChI=1S/C13H24N4O3/c1-9(2)8-18-6-7-19-12-15-11(14-5)16-13(17-12)20-10(3)4/h9-10H,6-8H2,1-5H3,(H,14,15,16,17). The van der Waals surface area contributed by atoms with Crippen LogP contribution >= 0.6 is 0 Å². The topological polar surface area (TPSA) is 78.4 Å². The van der Waals surface area contributed by atoms with Crippen molar-refractivity contribution in [1.29, 1.82) is 0 Å². The van der Waals surface area contributed by atoms with E-state index in [0.717, 1.165) is 0 Å². The van der Waals surface area contributed by atoms with Gasteiger partial charge in [-0.25, -0.2) is 0 Å². The molecule has 0 saturated heterocycles. The van der Waals surface area contributed by atoms with Crippen LogP contribution in [-0.4, -0.2) is 47.9 Å². The third-order valence-electron chi connectivity index (χ3n) is 2.07. The second kappa shape index (κ2) is 8.52. The molecule has 0 spiro atoms. The Morgan fingerprint density at radius 3 is 2.30 bits per heavy atom. The van der Waals surface area contributed by atoms with Crippen molar-refractivity contribution < 1.29 is 14.2 Å². The third kappa shape index (κ3) is 6.51. The summed E-state index contributed by atoms with van der Waals surface area (Å²) in [6, 6.07) is 0.477. The molecule has 0 bridgehead atoms. The lowest BCUT2D eigenvalue weighted by Crippen LogP contribution is -2.14. The maximum atomic E-state index is 5.45. The summed E-state index contributed by atoms with van der Waals surface area (Å²) in [5.41, 5.74) is 0. The molecule has 20 heavy (non-hydrogen) atoms. The van der Waals surface area contributed by atoms with E-state index in [-0.39, 0.29) is 18.1 Å². The van der Waals surface area contributed by atoms with E-state index in [0.29, 0.717) is 31.7 Å². The van der Waals surface area contributed by atoms with Crippen molar-refractivity contribution in [3.63, 3.8) is 0 Å². The van der Waals surface area contributed by atoms with Crippen LogP contribution in [0.4, 0.5) is 5.95 Å². The van der Waals surface area contributed by atoms with E-state index in [2.05, 4.69) is 34.1 Å². The molecule has 1 aromatic heterocycles. The zero-order valence-corrected chi connectivity index (χ0v) is 12.8. The predicted octanol–water partition coefficient (Wildman–Crippen LogP) is 1.75. The van der Waals surface area contributed by atoms with Gasteiger partial charge < -0.3 is 19.5 Å². The molecule has 0 radical (unpaired) electrons. The summed E-state index contributed by atoms with van der Waals surface area (Å²) in [4.78, 5) is 12.3. The average molecular weight is 284 g/mol. The summed E-state index contributed by atoms with van der Waals surface area (Å²) in [6.45, 7) is 9.61. The molecule has 0 atom stereocenters. The van der Waals surface area contributed by atoms with Crippen molar-refractivity contribution in [3.05, 3.63) is 0 Å². The quantitative estimate of drug-likeness (QED) is 0.692. The molecule has 0 aromatic carbocycles. The Balaban J connectivity index is 2.51. The third-order valence-corrected chi connectivity index (χ3v) is 2.07. The molecule has 0 aliphatic carbocycles. The van der Waals surface area contributed by atoms with Crippen molar-refractivity contribution in [3.8, 4) is 12.0 Å². The Kier molecular flexibility index (Phi) is 7.00. The Bertz CT molecular complexity index is 399. The van der Waals surface area contributed by atoms with Gasteiger partial charge in [0.25, 0.3) is 0 Å². The maximum Gasteiger partial charge on any atom is 0.324 e. The average Bonchev–Trinajstić information content (AvgIpc) is 2.36. The van der Waals surface area contributed by atoms with Crippen LogP contribution in [-0.2, 0) is 4.74 Å². The molecule has 0 fully saturated rings. The predicted molar refractivity (Wildman–Crippen MR) is 76.3 cm³/mol. The molecule has 0 aliphatic rings. The Morgan fingerprint density at radius 2 is 1.70 bits per heavy atom. The maximum absolute atomic E-state index is 5.45. The van der Waals surface area contributed by atoms with Gasteiger partial charge in [0.15, 0.2) is 0 Å². The summed E-state index contributed by atoms with van der Waals surface area (Å²) in [6.07, 6.45) is -0.00988. The van der Waals surface area contributed by atoms with E-state index in [1.807, 2.05) is 13.8 Å². The largest absolute Gasteiger partial charge is 0.461 e. The number of nitrogens with one attached hydrogen (secondary N) is 1. The van der Waals surface area contributed by atoms with Gasteiger partial charge in [-0.3, -0.25) is 0 Å². The fourth-order valence-corrected chi connectivity index (χ4v) is 1.29. The number of hydrogen-bond acceptors (Lipinski definition) is 7. The summed E-state index contributed by atoms with van der Waals surface area (Å²) in [7, 11) is 1.73. The van der Waals surface area contributed by atoms with E-state index in [1.165, 1.54) is 0 Å². The molecule has 1 heterocycles. The van der Waals surface area contributed by atoms with Crippen molar-refractivity contribution in [2.75, 3.05) is 32.2 Å². The minimum absolute atomic E-state index is 0.00988. The van der Waals surface area contributed by atoms with Gasteiger partial charge in [0.2, 0.25) is 5.95 Å². The van der Waals surface area contributed by atoms with Gasteiger partial charge in [-0.1, -0.05) is 13.8 Å². The lowest BCUT2D eigenvalue weighted by Gasteiger charge is -2.11. The zero-order valence-electron chi connectivity index (χ0n) is 12.8. The molecule has 7 heteroatoms. The van der Waals surface area contributed by atoms with Gasteiger partial charge in [0, 0.05) is 13.7 Å². The van der Waals surface area contributed by atoms with Gasteiger partial charge in [-0.15, -0.1) is 4.98 Å². The Labute approximate surface area is 120 Å². The molecule has 1 aromatic rings. The van der Waals surface area contributed by atoms with E-state index >= 15 is 0 Å². The Morgan fingerprint density at radius 1 is 1.00 bits per heavy atom. The number of aromatic nitrogens is 3. The summed E-state index contributed by atoms with van der Waals surface area (Å²) < 4.78 is 16.3. The van der Waals surface area contributed by atoms with Crippen molar-refractivity contribution >= 4 is 5.95 Å². The fraction of sp³-hybridized carbons (Fsp3) is 0.769. The summed E-state index contributed by atoms with van der Waals surface area (Å²) >= 11 is 0. The molecule has 1 N–H and O–H groups in total. The lowest BCUT2D eigenvalue weighted by molar-refractivity contribution is 0.0786. The minimum atomic E-state index is -0.00988. The first-order valence-electron chi connectivity index (χ1n) is 6.82. The summed E-state index contributed by atoms with van der Waals surface area (Å²) in [5, 5.41) is 2.84. The number of rotatable bonds is 9. The molecular formula is C13H24N4O3. The van der Waals surface area contributed by atoms with Gasteiger partial charge in [-0.2, -0.15) is 9.97 Å². The first kappa shape index (κ1) is 16.4. The minimum Gasteiger partial charge on any atom is -0.461 e.